The van der Waals surface area contributed by atoms with Gasteiger partial charge in [-0.3, -0.25) is 0 Å². The van der Waals surface area contributed by atoms with Gasteiger partial charge in [-0.05, 0) is 56.4 Å². The molecule has 0 aliphatic carbocycles. The third kappa shape index (κ3) is 11.0. The molecular weight excluding hydrogens is 380 g/mol. The fourth-order valence-corrected chi connectivity index (χ4v) is 3.67. The maximum Gasteiger partial charge on any atom is 0.337 e. The molecule has 1 aromatic carbocycles. The van der Waals surface area contributed by atoms with Gasteiger partial charge in [0.25, 0.3) is 0 Å². The maximum absolute atomic E-state index is 11.4. The van der Waals surface area contributed by atoms with Gasteiger partial charge < -0.3 is 18.9 Å². The normalized spacial score (nSPS) is 16.4. The smallest absolute Gasteiger partial charge is 0.337 e. The van der Waals surface area contributed by atoms with Crippen molar-refractivity contribution in [3.8, 4) is 5.75 Å². The summed E-state index contributed by atoms with van der Waals surface area (Å²) in [6.07, 6.45) is 16.2. The van der Waals surface area contributed by atoms with Crippen molar-refractivity contribution in [2.45, 2.75) is 89.8 Å². The number of methoxy groups -OCH3 is 1. The van der Waals surface area contributed by atoms with Crippen molar-refractivity contribution in [2.24, 2.45) is 0 Å². The number of benzene rings is 1. The van der Waals surface area contributed by atoms with Crippen molar-refractivity contribution >= 4 is 5.97 Å². The van der Waals surface area contributed by atoms with Crippen molar-refractivity contribution in [1.82, 2.24) is 0 Å². The van der Waals surface area contributed by atoms with Crippen molar-refractivity contribution in [2.75, 3.05) is 26.9 Å². The van der Waals surface area contributed by atoms with Crippen LogP contribution in [0.5, 0.6) is 5.75 Å². The van der Waals surface area contributed by atoms with Crippen LogP contribution in [0.2, 0.25) is 0 Å². The minimum atomic E-state index is -0.319. The SMILES string of the molecule is COC(=O)c1ccc(OCCCCCCCCCCCCOC2CCCCO2)cc1. The molecule has 0 amide bonds. The molecule has 170 valence electrons. The average Bonchev–Trinajstić information content (AvgIpc) is 2.80. The number of unbranched alkanes of at least 4 members (excludes halogenated alkanes) is 9. The Hall–Kier alpha value is -1.59. The summed E-state index contributed by atoms with van der Waals surface area (Å²) < 4.78 is 21.8. The second-order valence-electron chi connectivity index (χ2n) is 8.07. The van der Waals surface area contributed by atoms with Gasteiger partial charge in [0.1, 0.15) is 5.75 Å². The molecule has 1 aromatic rings. The molecule has 1 aliphatic heterocycles. The highest BCUT2D eigenvalue weighted by atomic mass is 16.7. The van der Waals surface area contributed by atoms with Gasteiger partial charge in [-0.25, -0.2) is 4.79 Å². The Morgan fingerprint density at radius 1 is 0.867 bits per heavy atom. The molecule has 1 heterocycles. The molecular formula is C25H40O5. The maximum atomic E-state index is 11.4. The quantitative estimate of drug-likeness (QED) is 0.232. The number of carbonyl (C=O) groups is 1. The van der Waals surface area contributed by atoms with E-state index in [4.69, 9.17) is 18.9 Å². The summed E-state index contributed by atoms with van der Waals surface area (Å²) >= 11 is 0. The molecule has 5 nitrogen and oxygen atoms in total. The fraction of sp³-hybridized carbons (Fsp3) is 0.720. The Balaban J connectivity index is 1.31. The first-order chi connectivity index (χ1) is 14.8. The van der Waals surface area contributed by atoms with Crippen LogP contribution in [0, 0.1) is 0 Å². The molecule has 2 rings (SSSR count). The number of hydrogen-bond donors (Lipinski definition) is 0. The lowest BCUT2D eigenvalue weighted by molar-refractivity contribution is -0.162. The Kier molecular flexibility index (Phi) is 13.3. The zero-order chi connectivity index (χ0) is 21.3. The summed E-state index contributed by atoms with van der Waals surface area (Å²) in [6.45, 7) is 2.44. The third-order valence-electron chi connectivity index (χ3n) is 5.52. The van der Waals surface area contributed by atoms with Crippen molar-refractivity contribution < 1.29 is 23.7 Å². The molecule has 0 N–H and O–H groups in total. The first-order valence-corrected chi connectivity index (χ1v) is 11.8. The topological polar surface area (TPSA) is 54.0 Å². The molecule has 0 saturated carbocycles. The van der Waals surface area contributed by atoms with E-state index < -0.39 is 0 Å². The minimum Gasteiger partial charge on any atom is -0.494 e. The van der Waals surface area contributed by atoms with Gasteiger partial charge in [0.15, 0.2) is 6.29 Å². The lowest BCUT2D eigenvalue weighted by Gasteiger charge is -2.22. The molecule has 0 radical (unpaired) electrons. The van der Waals surface area contributed by atoms with Crippen molar-refractivity contribution in [3.05, 3.63) is 29.8 Å². The number of carbonyl (C=O) groups excluding carboxylic acids is 1. The molecule has 30 heavy (non-hydrogen) atoms. The molecule has 1 aliphatic rings. The second kappa shape index (κ2) is 16.1. The van der Waals surface area contributed by atoms with E-state index in [1.54, 1.807) is 12.1 Å². The molecule has 5 heteroatoms. The highest BCUT2D eigenvalue weighted by molar-refractivity contribution is 5.89. The average molecular weight is 421 g/mol. The van der Waals surface area contributed by atoms with Crippen LogP contribution < -0.4 is 4.74 Å². The number of hydrogen-bond acceptors (Lipinski definition) is 5. The lowest BCUT2D eigenvalue weighted by Crippen LogP contribution is -2.22. The Labute approximate surface area is 182 Å². The molecule has 1 unspecified atom stereocenters. The molecule has 1 fully saturated rings. The van der Waals surface area contributed by atoms with Gasteiger partial charge >= 0.3 is 5.97 Å². The van der Waals surface area contributed by atoms with Crippen LogP contribution >= 0.6 is 0 Å². The van der Waals surface area contributed by atoms with E-state index in [0.29, 0.717) is 5.56 Å². The van der Waals surface area contributed by atoms with Crippen LogP contribution in [0.1, 0.15) is 93.8 Å². The predicted molar refractivity (Wildman–Crippen MR) is 119 cm³/mol. The monoisotopic (exact) mass is 420 g/mol. The van der Waals surface area contributed by atoms with Gasteiger partial charge in [-0.15, -0.1) is 0 Å². The first-order valence-electron chi connectivity index (χ1n) is 11.8. The Bertz CT molecular complexity index is 551. The van der Waals surface area contributed by atoms with Crippen LogP contribution in [-0.4, -0.2) is 39.2 Å². The van der Waals surface area contributed by atoms with Gasteiger partial charge in [0.2, 0.25) is 0 Å². The summed E-state index contributed by atoms with van der Waals surface area (Å²) in [5.74, 6) is 0.486. The number of rotatable bonds is 16. The Morgan fingerprint density at radius 3 is 2.03 bits per heavy atom. The van der Waals surface area contributed by atoms with Crippen molar-refractivity contribution in [3.63, 3.8) is 0 Å². The third-order valence-corrected chi connectivity index (χ3v) is 5.52. The molecule has 1 saturated heterocycles. The summed E-state index contributed by atoms with van der Waals surface area (Å²) in [7, 11) is 1.39. The molecule has 1 atom stereocenters. The summed E-state index contributed by atoms with van der Waals surface area (Å²) in [4.78, 5) is 11.4. The van der Waals surface area contributed by atoms with E-state index >= 15 is 0 Å². The van der Waals surface area contributed by atoms with Gasteiger partial charge in [0, 0.05) is 13.2 Å². The molecule has 0 bridgehead atoms. The number of esters is 1. The summed E-state index contributed by atoms with van der Waals surface area (Å²) in [6, 6.07) is 7.11. The zero-order valence-electron chi connectivity index (χ0n) is 18.7. The first kappa shape index (κ1) is 24.7. The Morgan fingerprint density at radius 2 is 1.47 bits per heavy atom. The second-order valence-corrected chi connectivity index (χ2v) is 8.07. The van der Waals surface area contributed by atoms with Crippen molar-refractivity contribution in [1.29, 1.82) is 0 Å². The summed E-state index contributed by atoms with van der Waals surface area (Å²) in [5.41, 5.74) is 0.548. The van der Waals surface area contributed by atoms with Crippen LogP contribution in [0.4, 0.5) is 0 Å². The molecule has 0 aromatic heterocycles. The van der Waals surface area contributed by atoms with Crippen LogP contribution in [0.25, 0.3) is 0 Å². The van der Waals surface area contributed by atoms with E-state index in [0.717, 1.165) is 44.8 Å². The van der Waals surface area contributed by atoms with E-state index in [1.165, 1.54) is 71.3 Å². The summed E-state index contributed by atoms with van der Waals surface area (Å²) in [5, 5.41) is 0. The van der Waals surface area contributed by atoms with Gasteiger partial charge in [-0.1, -0.05) is 51.4 Å². The van der Waals surface area contributed by atoms with Crippen LogP contribution in [0.3, 0.4) is 0 Å². The fourth-order valence-electron chi connectivity index (χ4n) is 3.67. The minimum absolute atomic E-state index is 0.0660. The predicted octanol–water partition coefficient (Wildman–Crippen LogP) is 6.30. The highest BCUT2D eigenvalue weighted by Gasteiger charge is 2.13. The number of ether oxygens (including phenoxy) is 4. The van der Waals surface area contributed by atoms with Gasteiger partial charge in [0.05, 0.1) is 19.3 Å². The van der Waals surface area contributed by atoms with Crippen LogP contribution in [0.15, 0.2) is 24.3 Å². The van der Waals surface area contributed by atoms with Gasteiger partial charge in [-0.2, -0.15) is 0 Å². The van der Waals surface area contributed by atoms with Crippen LogP contribution in [-0.2, 0) is 14.2 Å². The van der Waals surface area contributed by atoms with E-state index in [9.17, 15) is 4.79 Å². The van der Waals surface area contributed by atoms with E-state index in [2.05, 4.69) is 0 Å². The van der Waals surface area contributed by atoms with E-state index in [1.807, 2.05) is 12.1 Å². The largest absolute Gasteiger partial charge is 0.494 e. The van der Waals surface area contributed by atoms with E-state index in [-0.39, 0.29) is 12.3 Å². The molecule has 0 spiro atoms. The highest BCUT2D eigenvalue weighted by Crippen LogP contribution is 2.16. The zero-order valence-corrected chi connectivity index (χ0v) is 18.7. The standard InChI is InChI=1S/C25H40O5/c1-27-25(26)22-15-17-23(18-16-22)28-19-11-8-6-4-2-3-5-7-9-12-20-29-24-14-10-13-21-30-24/h15-18,24H,2-14,19-21H2,1H3. The lowest BCUT2D eigenvalue weighted by atomic mass is 10.1.